The Morgan fingerprint density at radius 3 is 2.90 bits per heavy atom. The lowest BCUT2D eigenvalue weighted by atomic mass is 9.89. The molecule has 8 heteroatoms. The fourth-order valence-electron chi connectivity index (χ4n) is 2.66. The number of imide groups is 1. The molecule has 7 nitrogen and oxygen atoms in total. The van der Waals surface area contributed by atoms with E-state index in [1.807, 2.05) is 6.26 Å². The van der Waals surface area contributed by atoms with Crippen LogP contribution in [0.4, 0.5) is 4.79 Å². The third-order valence-electron chi connectivity index (χ3n) is 3.77. The molecule has 2 atom stereocenters. The van der Waals surface area contributed by atoms with E-state index in [0.717, 1.165) is 5.75 Å². The van der Waals surface area contributed by atoms with Gasteiger partial charge in [0.05, 0.1) is 12.6 Å². The molecule has 4 amide bonds. The number of amides is 4. The van der Waals surface area contributed by atoms with Crippen molar-refractivity contribution in [2.75, 3.05) is 25.1 Å². The van der Waals surface area contributed by atoms with Gasteiger partial charge in [-0.15, -0.1) is 0 Å². The summed E-state index contributed by atoms with van der Waals surface area (Å²) >= 11 is 1.64. The van der Waals surface area contributed by atoms with Gasteiger partial charge in [0.2, 0.25) is 5.91 Å². The summed E-state index contributed by atoms with van der Waals surface area (Å²) in [6, 6.07) is -1.03. The summed E-state index contributed by atoms with van der Waals surface area (Å²) in [6.07, 6.45) is 3.80. The Morgan fingerprint density at radius 2 is 2.30 bits per heavy atom. The number of likely N-dealkylation sites (tertiary alicyclic amines) is 1. The van der Waals surface area contributed by atoms with Gasteiger partial charge in [-0.25, -0.2) is 4.79 Å². The highest BCUT2D eigenvalue weighted by Crippen LogP contribution is 2.25. The minimum absolute atomic E-state index is 0.146. The molecule has 0 aliphatic carbocycles. The third kappa shape index (κ3) is 2.90. The van der Waals surface area contributed by atoms with Crippen molar-refractivity contribution in [2.24, 2.45) is 5.73 Å². The standard InChI is InChI=1S/C12H20N4O3S/c1-20-6-3-8(13)9(17)16-5-2-4-12(7-16)10(18)14-11(19)15-12/h8H,2-7,13H2,1H3,(H2,14,15,18,19)/t8-,12?/m0/s1. The largest absolute Gasteiger partial charge is 0.338 e. The van der Waals surface area contributed by atoms with Gasteiger partial charge >= 0.3 is 6.03 Å². The first-order valence-corrected chi connectivity index (χ1v) is 8.05. The van der Waals surface area contributed by atoms with Crippen LogP contribution in [0, 0.1) is 0 Å². The second-order valence-electron chi connectivity index (χ2n) is 5.24. The molecule has 2 aliphatic heterocycles. The normalized spacial score (nSPS) is 27.4. The average molecular weight is 300 g/mol. The lowest BCUT2D eigenvalue weighted by Gasteiger charge is -2.39. The number of hydrogen-bond acceptors (Lipinski definition) is 5. The molecule has 2 aliphatic rings. The van der Waals surface area contributed by atoms with Gasteiger partial charge in [0.15, 0.2) is 0 Å². The van der Waals surface area contributed by atoms with Crippen LogP contribution in [-0.4, -0.2) is 59.4 Å². The van der Waals surface area contributed by atoms with E-state index in [2.05, 4.69) is 10.6 Å². The zero-order valence-corrected chi connectivity index (χ0v) is 12.3. The van der Waals surface area contributed by atoms with Crippen LogP contribution >= 0.6 is 11.8 Å². The molecule has 2 fully saturated rings. The molecule has 0 radical (unpaired) electrons. The number of rotatable bonds is 4. The minimum atomic E-state index is -0.968. The summed E-state index contributed by atoms with van der Waals surface area (Å²) in [5.41, 5.74) is 4.92. The molecule has 20 heavy (non-hydrogen) atoms. The molecule has 4 N–H and O–H groups in total. The summed E-state index contributed by atoms with van der Waals surface area (Å²) in [5.74, 6) is 0.327. The van der Waals surface area contributed by atoms with E-state index < -0.39 is 17.6 Å². The van der Waals surface area contributed by atoms with Crippen molar-refractivity contribution in [1.82, 2.24) is 15.5 Å². The van der Waals surface area contributed by atoms with Crippen LogP contribution in [-0.2, 0) is 9.59 Å². The van der Waals surface area contributed by atoms with Gasteiger partial charge in [0.1, 0.15) is 5.54 Å². The number of piperidine rings is 1. The number of carbonyl (C=O) groups is 3. The number of urea groups is 1. The second kappa shape index (κ2) is 6.01. The van der Waals surface area contributed by atoms with Crippen LogP contribution in [0.3, 0.4) is 0 Å². The van der Waals surface area contributed by atoms with E-state index in [4.69, 9.17) is 5.73 Å². The number of nitrogens with zero attached hydrogens (tertiary/aromatic N) is 1. The smallest absolute Gasteiger partial charge is 0.322 e. The van der Waals surface area contributed by atoms with Gasteiger partial charge in [0, 0.05) is 6.54 Å². The van der Waals surface area contributed by atoms with E-state index in [1.165, 1.54) is 0 Å². The Kier molecular flexibility index (Phi) is 4.54. The first-order chi connectivity index (χ1) is 9.48. The summed E-state index contributed by atoms with van der Waals surface area (Å²) in [6.45, 7) is 0.785. The molecule has 0 aromatic heterocycles. The van der Waals surface area contributed by atoms with Gasteiger partial charge in [-0.3, -0.25) is 14.9 Å². The molecule has 0 bridgehead atoms. The molecule has 2 saturated heterocycles. The van der Waals surface area contributed by atoms with Crippen LogP contribution in [0.5, 0.6) is 0 Å². The van der Waals surface area contributed by atoms with Crippen molar-refractivity contribution in [2.45, 2.75) is 30.8 Å². The van der Waals surface area contributed by atoms with Crippen molar-refractivity contribution in [3.63, 3.8) is 0 Å². The van der Waals surface area contributed by atoms with Crippen LogP contribution < -0.4 is 16.4 Å². The first kappa shape index (κ1) is 15.1. The van der Waals surface area contributed by atoms with Crippen molar-refractivity contribution < 1.29 is 14.4 Å². The lowest BCUT2D eigenvalue weighted by molar-refractivity contribution is -0.137. The zero-order chi connectivity index (χ0) is 14.8. The number of thioether (sulfide) groups is 1. The molecular weight excluding hydrogens is 280 g/mol. The Balaban J connectivity index is 2.02. The Hall–Kier alpha value is -1.28. The number of nitrogens with two attached hydrogens (primary N) is 1. The predicted octanol–water partition coefficient (Wildman–Crippen LogP) is -0.733. The van der Waals surface area contributed by atoms with Crippen LogP contribution in [0.1, 0.15) is 19.3 Å². The zero-order valence-electron chi connectivity index (χ0n) is 11.5. The molecule has 0 aromatic rings. The highest BCUT2D eigenvalue weighted by atomic mass is 32.2. The van der Waals surface area contributed by atoms with E-state index in [1.54, 1.807) is 16.7 Å². The average Bonchev–Trinajstić information content (AvgIpc) is 2.69. The Bertz CT molecular complexity index is 431. The SMILES string of the molecule is CSCC[C@H](N)C(=O)N1CCCC2(C1)NC(=O)NC2=O. The first-order valence-electron chi connectivity index (χ1n) is 6.65. The molecule has 2 heterocycles. The monoisotopic (exact) mass is 300 g/mol. The van der Waals surface area contributed by atoms with Crippen molar-refractivity contribution in [3.05, 3.63) is 0 Å². The molecule has 112 valence electrons. The van der Waals surface area contributed by atoms with Crippen molar-refractivity contribution >= 4 is 29.6 Å². The fourth-order valence-corrected chi connectivity index (χ4v) is 3.15. The van der Waals surface area contributed by atoms with E-state index in [0.29, 0.717) is 25.8 Å². The highest BCUT2D eigenvalue weighted by molar-refractivity contribution is 7.98. The molecule has 0 aromatic carbocycles. The van der Waals surface area contributed by atoms with E-state index >= 15 is 0 Å². The molecule has 0 saturated carbocycles. The number of carbonyl (C=O) groups excluding carboxylic acids is 3. The molecule has 1 spiro atoms. The van der Waals surface area contributed by atoms with Crippen LogP contribution in [0.2, 0.25) is 0 Å². The van der Waals surface area contributed by atoms with Crippen molar-refractivity contribution in [3.8, 4) is 0 Å². The quantitative estimate of drug-likeness (QED) is 0.594. The number of nitrogens with one attached hydrogen (secondary N) is 2. The van der Waals surface area contributed by atoms with Gasteiger partial charge in [0.25, 0.3) is 5.91 Å². The fraction of sp³-hybridized carbons (Fsp3) is 0.750. The highest BCUT2D eigenvalue weighted by Gasteiger charge is 2.49. The summed E-state index contributed by atoms with van der Waals surface area (Å²) in [5, 5.41) is 4.89. The lowest BCUT2D eigenvalue weighted by Crippen LogP contribution is -2.61. The van der Waals surface area contributed by atoms with Crippen LogP contribution in [0.25, 0.3) is 0 Å². The second-order valence-corrected chi connectivity index (χ2v) is 6.23. The summed E-state index contributed by atoms with van der Waals surface area (Å²) < 4.78 is 0. The van der Waals surface area contributed by atoms with Gasteiger partial charge < -0.3 is 16.0 Å². The van der Waals surface area contributed by atoms with Crippen molar-refractivity contribution in [1.29, 1.82) is 0 Å². The van der Waals surface area contributed by atoms with E-state index in [-0.39, 0.29) is 18.4 Å². The van der Waals surface area contributed by atoms with Gasteiger partial charge in [-0.1, -0.05) is 0 Å². The van der Waals surface area contributed by atoms with Gasteiger partial charge in [-0.05, 0) is 31.3 Å². The topological polar surface area (TPSA) is 105 Å². The molecule has 1 unspecified atom stereocenters. The molecular formula is C12H20N4O3S. The molecule has 2 rings (SSSR count). The van der Waals surface area contributed by atoms with Gasteiger partial charge in [-0.2, -0.15) is 11.8 Å². The Morgan fingerprint density at radius 1 is 1.55 bits per heavy atom. The minimum Gasteiger partial charge on any atom is -0.338 e. The van der Waals surface area contributed by atoms with Crippen LogP contribution in [0.15, 0.2) is 0 Å². The predicted molar refractivity (Wildman–Crippen MR) is 76.2 cm³/mol. The number of hydrogen-bond donors (Lipinski definition) is 3. The summed E-state index contributed by atoms with van der Waals surface area (Å²) in [7, 11) is 0. The maximum Gasteiger partial charge on any atom is 0.322 e. The van der Waals surface area contributed by atoms with E-state index in [9.17, 15) is 14.4 Å². The third-order valence-corrected chi connectivity index (χ3v) is 4.41. The summed E-state index contributed by atoms with van der Waals surface area (Å²) in [4.78, 5) is 37.1. The maximum absolute atomic E-state index is 12.3. The maximum atomic E-state index is 12.3. The Labute approximate surface area is 122 Å².